The van der Waals surface area contributed by atoms with Gasteiger partial charge in [0.05, 0.1) is 16.9 Å². The molecule has 0 atom stereocenters. The predicted octanol–water partition coefficient (Wildman–Crippen LogP) is 14.6. The maximum absolute atomic E-state index is 12.6. The highest BCUT2D eigenvalue weighted by atomic mass is 16.5. The molecule has 0 radical (unpaired) electrons. The normalized spacial score (nSPS) is 11.4. The zero-order chi connectivity index (χ0) is 33.9. The summed E-state index contributed by atoms with van der Waals surface area (Å²) in [6.07, 6.45) is 31.1. The maximum atomic E-state index is 12.6. The fourth-order valence-corrected chi connectivity index (χ4v) is 6.21. The molecule has 0 saturated carbocycles. The van der Waals surface area contributed by atoms with Crippen molar-refractivity contribution in [2.45, 2.75) is 162 Å². The number of carbonyl (C=O) groups excluding carboxylic acids is 1. The van der Waals surface area contributed by atoms with E-state index in [9.17, 15) is 4.79 Å². The molecule has 4 heteroatoms. The Balaban J connectivity index is 1.20. The SMILES string of the molecule is CCCCCCCCCCCCCCCCCCCCc1ccc(N=Nc2ccc(OC(=O)c3ccc(CCCCC)cc3)cc2)cc1. The van der Waals surface area contributed by atoms with Gasteiger partial charge in [0.25, 0.3) is 0 Å². The molecule has 0 spiro atoms. The number of ether oxygens (including phenoxy) is 1. The third-order valence-corrected chi connectivity index (χ3v) is 9.34. The summed E-state index contributed by atoms with van der Waals surface area (Å²) in [6.45, 7) is 4.50. The van der Waals surface area contributed by atoms with Crippen LogP contribution in [0.3, 0.4) is 0 Å². The summed E-state index contributed by atoms with van der Waals surface area (Å²) >= 11 is 0. The van der Waals surface area contributed by atoms with Crippen molar-refractivity contribution in [3.63, 3.8) is 0 Å². The van der Waals surface area contributed by atoms with E-state index >= 15 is 0 Å². The first kappa shape index (κ1) is 39.2. The molecule has 0 aliphatic rings. The minimum Gasteiger partial charge on any atom is -0.423 e. The van der Waals surface area contributed by atoms with Crippen LogP contribution in [0, 0.1) is 0 Å². The van der Waals surface area contributed by atoms with Crippen molar-refractivity contribution in [3.8, 4) is 5.75 Å². The minimum absolute atomic E-state index is 0.352. The van der Waals surface area contributed by atoms with Crippen LogP contribution in [0.2, 0.25) is 0 Å². The van der Waals surface area contributed by atoms with Crippen molar-refractivity contribution in [1.29, 1.82) is 0 Å². The van der Waals surface area contributed by atoms with Crippen molar-refractivity contribution in [2.75, 3.05) is 0 Å². The van der Waals surface area contributed by atoms with Gasteiger partial charge >= 0.3 is 5.97 Å². The van der Waals surface area contributed by atoms with Crippen molar-refractivity contribution in [3.05, 3.63) is 89.5 Å². The Morgan fingerprint density at radius 3 is 1.21 bits per heavy atom. The van der Waals surface area contributed by atoms with Gasteiger partial charge in [-0.05, 0) is 85.3 Å². The fourth-order valence-electron chi connectivity index (χ4n) is 6.21. The van der Waals surface area contributed by atoms with E-state index in [0.29, 0.717) is 17.0 Å². The lowest BCUT2D eigenvalue weighted by molar-refractivity contribution is 0.0734. The summed E-state index contributed by atoms with van der Waals surface area (Å²) in [5.74, 6) is 0.143. The first-order valence-corrected chi connectivity index (χ1v) is 19.6. The third kappa shape index (κ3) is 17.8. The molecule has 3 aromatic carbocycles. The Morgan fingerprint density at radius 1 is 0.438 bits per heavy atom. The van der Waals surface area contributed by atoms with Crippen LogP contribution in [-0.2, 0) is 12.8 Å². The van der Waals surface area contributed by atoms with Gasteiger partial charge in [-0.3, -0.25) is 0 Å². The van der Waals surface area contributed by atoms with Crippen LogP contribution in [0.15, 0.2) is 83.0 Å². The van der Waals surface area contributed by atoms with Crippen LogP contribution in [0.4, 0.5) is 11.4 Å². The van der Waals surface area contributed by atoms with Crippen LogP contribution < -0.4 is 4.74 Å². The average Bonchev–Trinajstić information content (AvgIpc) is 3.11. The first-order chi connectivity index (χ1) is 23.7. The standard InChI is InChI=1S/C44H64N2O2/c1-3-5-7-8-9-10-11-12-13-14-15-16-17-18-19-20-21-23-25-39-28-32-41(33-29-39)45-46-42-34-36-43(37-35-42)48-44(47)40-30-26-38(27-31-40)24-22-6-4-2/h26-37H,3-25H2,1-2H3. The first-order valence-electron chi connectivity index (χ1n) is 19.6. The average molecular weight is 653 g/mol. The highest BCUT2D eigenvalue weighted by molar-refractivity contribution is 5.91. The number of unbranched alkanes of at least 4 members (excludes halogenated alkanes) is 19. The van der Waals surface area contributed by atoms with Gasteiger partial charge in [0.2, 0.25) is 0 Å². The van der Waals surface area contributed by atoms with Gasteiger partial charge in [-0.25, -0.2) is 4.79 Å². The van der Waals surface area contributed by atoms with Gasteiger partial charge in [0.15, 0.2) is 0 Å². The molecule has 0 bridgehead atoms. The molecule has 0 fully saturated rings. The van der Waals surface area contributed by atoms with Crippen LogP contribution in [0.1, 0.15) is 170 Å². The fraction of sp³-hybridized carbons (Fsp3) is 0.568. The lowest BCUT2D eigenvalue weighted by Crippen LogP contribution is -2.08. The zero-order valence-corrected chi connectivity index (χ0v) is 30.4. The number of benzene rings is 3. The number of hydrogen-bond acceptors (Lipinski definition) is 4. The second-order valence-electron chi connectivity index (χ2n) is 13.7. The number of nitrogens with zero attached hydrogens (tertiary/aromatic N) is 2. The molecular formula is C44H64N2O2. The smallest absolute Gasteiger partial charge is 0.343 e. The minimum atomic E-state index is -0.352. The van der Waals surface area contributed by atoms with Crippen LogP contribution >= 0.6 is 0 Å². The number of esters is 1. The predicted molar refractivity (Wildman–Crippen MR) is 204 cm³/mol. The Kier molecular flexibility index (Phi) is 21.0. The molecule has 4 nitrogen and oxygen atoms in total. The Bertz CT molecular complexity index is 1250. The molecule has 0 aliphatic carbocycles. The number of aryl methyl sites for hydroxylation is 2. The van der Waals surface area contributed by atoms with E-state index in [1.807, 2.05) is 48.5 Å². The highest BCUT2D eigenvalue weighted by Gasteiger charge is 2.09. The van der Waals surface area contributed by atoms with Gasteiger partial charge in [0, 0.05) is 0 Å². The lowest BCUT2D eigenvalue weighted by atomic mass is 10.0. The van der Waals surface area contributed by atoms with Crippen molar-refractivity contribution >= 4 is 17.3 Å². The monoisotopic (exact) mass is 652 g/mol. The largest absolute Gasteiger partial charge is 0.423 e. The molecule has 48 heavy (non-hydrogen) atoms. The van der Waals surface area contributed by atoms with Crippen LogP contribution in [0.5, 0.6) is 5.75 Å². The van der Waals surface area contributed by atoms with E-state index in [-0.39, 0.29) is 5.97 Å². The van der Waals surface area contributed by atoms with Crippen molar-refractivity contribution < 1.29 is 9.53 Å². The summed E-state index contributed by atoms with van der Waals surface area (Å²) in [5.41, 5.74) is 4.73. The summed E-state index contributed by atoms with van der Waals surface area (Å²) < 4.78 is 5.56. The van der Waals surface area contributed by atoms with E-state index in [1.165, 1.54) is 146 Å². The van der Waals surface area contributed by atoms with Crippen LogP contribution in [0.25, 0.3) is 0 Å². The van der Waals surface area contributed by atoms with E-state index in [2.05, 4.69) is 36.2 Å². The van der Waals surface area contributed by atoms with Crippen molar-refractivity contribution in [2.24, 2.45) is 10.2 Å². The van der Waals surface area contributed by atoms with E-state index < -0.39 is 0 Å². The molecular weight excluding hydrogens is 588 g/mol. The Hall–Kier alpha value is -3.27. The molecule has 0 aromatic heterocycles. The molecule has 0 heterocycles. The molecule has 0 saturated heterocycles. The lowest BCUT2D eigenvalue weighted by Gasteiger charge is -2.06. The summed E-state index contributed by atoms with van der Waals surface area (Å²) in [7, 11) is 0. The van der Waals surface area contributed by atoms with Crippen LogP contribution in [-0.4, -0.2) is 5.97 Å². The number of azo groups is 1. The molecule has 3 aromatic rings. The summed E-state index contributed by atoms with van der Waals surface area (Å²) in [5, 5.41) is 8.75. The zero-order valence-electron chi connectivity index (χ0n) is 30.4. The Labute approximate surface area is 293 Å². The second-order valence-corrected chi connectivity index (χ2v) is 13.7. The van der Waals surface area contributed by atoms with Gasteiger partial charge in [-0.2, -0.15) is 10.2 Å². The third-order valence-electron chi connectivity index (χ3n) is 9.34. The maximum Gasteiger partial charge on any atom is 0.343 e. The number of hydrogen-bond donors (Lipinski definition) is 0. The van der Waals surface area contributed by atoms with E-state index in [1.54, 1.807) is 12.1 Å². The van der Waals surface area contributed by atoms with Gasteiger partial charge in [-0.15, -0.1) is 0 Å². The van der Waals surface area contributed by atoms with Crippen molar-refractivity contribution in [1.82, 2.24) is 0 Å². The molecule has 0 amide bonds. The number of rotatable bonds is 27. The molecule has 0 aliphatic heterocycles. The Morgan fingerprint density at radius 2 is 0.771 bits per heavy atom. The summed E-state index contributed by atoms with van der Waals surface area (Å²) in [4.78, 5) is 12.6. The molecule has 3 rings (SSSR count). The second kappa shape index (κ2) is 25.7. The molecule has 262 valence electrons. The van der Waals surface area contributed by atoms with E-state index in [0.717, 1.165) is 18.5 Å². The van der Waals surface area contributed by atoms with E-state index in [4.69, 9.17) is 4.74 Å². The number of carbonyl (C=O) groups is 1. The quantitative estimate of drug-likeness (QED) is 0.0356. The van der Waals surface area contributed by atoms with Gasteiger partial charge < -0.3 is 4.74 Å². The molecule has 0 N–H and O–H groups in total. The topological polar surface area (TPSA) is 51.0 Å². The summed E-state index contributed by atoms with van der Waals surface area (Å²) in [6, 6.07) is 23.3. The molecule has 0 unspecified atom stereocenters. The van der Waals surface area contributed by atoms with Gasteiger partial charge in [0.1, 0.15) is 5.75 Å². The highest BCUT2D eigenvalue weighted by Crippen LogP contribution is 2.23. The van der Waals surface area contributed by atoms with Gasteiger partial charge in [-0.1, -0.05) is 160 Å².